The molecule has 1 heterocycles. The summed E-state index contributed by atoms with van der Waals surface area (Å²) in [6.07, 6.45) is 0. The average Bonchev–Trinajstić information content (AvgIpc) is 2.59. The van der Waals surface area contributed by atoms with Gasteiger partial charge in [0, 0.05) is 12.6 Å². The van der Waals surface area contributed by atoms with Crippen LogP contribution in [0.2, 0.25) is 0 Å². The Morgan fingerprint density at radius 1 is 1.50 bits per heavy atom. The minimum Gasteiger partial charge on any atom is -0.382 e. The van der Waals surface area contributed by atoms with Crippen LogP contribution in [0.25, 0.3) is 0 Å². The number of nitrogens with two attached hydrogens (primary N) is 1. The zero-order valence-corrected chi connectivity index (χ0v) is 12.7. The van der Waals surface area contributed by atoms with E-state index in [1.54, 1.807) is 6.92 Å². The van der Waals surface area contributed by atoms with E-state index in [0.29, 0.717) is 5.00 Å². The first-order valence-corrected chi connectivity index (χ1v) is 8.09. The van der Waals surface area contributed by atoms with E-state index in [2.05, 4.69) is 9.69 Å². The third-order valence-electron chi connectivity index (χ3n) is 2.38. The minimum absolute atomic E-state index is 0.0202. The molecule has 8 heteroatoms. The molecule has 0 aliphatic rings. The Bertz CT molecular complexity index is 496. The maximum atomic E-state index is 11.9. The van der Waals surface area contributed by atoms with Gasteiger partial charge in [-0.1, -0.05) is 6.92 Å². The molecule has 3 N–H and O–H groups in total. The van der Waals surface area contributed by atoms with E-state index in [1.807, 2.05) is 25.9 Å². The number of aromatic nitrogens is 1. The van der Waals surface area contributed by atoms with Crippen molar-refractivity contribution in [2.24, 2.45) is 0 Å². The lowest BCUT2D eigenvalue weighted by atomic mass is 10.3. The first-order valence-electron chi connectivity index (χ1n) is 5.67. The lowest BCUT2D eigenvalue weighted by Crippen LogP contribution is -2.29. The maximum absolute atomic E-state index is 11.9. The van der Waals surface area contributed by atoms with Crippen molar-refractivity contribution < 1.29 is 8.42 Å². The van der Waals surface area contributed by atoms with Crippen molar-refractivity contribution in [3.63, 3.8) is 0 Å². The highest BCUT2D eigenvalue weighted by atomic mass is 32.2. The van der Waals surface area contributed by atoms with E-state index in [9.17, 15) is 8.42 Å². The van der Waals surface area contributed by atoms with Crippen LogP contribution in [0.15, 0.2) is 4.90 Å². The van der Waals surface area contributed by atoms with E-state index in [4.69, 9.17) is 5.73 Å². The summed E-state index contributed by atoms with van der Waals surface area (Å²) in [4.78, 5) is 2.16. The van der Waals surface area contributed by atoms with Gasteiger partial charge in [-0.2, -0.15) is 4.37 Å². The molecule has 0 saturated carbocycles. The Kier molecular flexibility index (Phi) is 4.94. The summed E-state index contributed by atoms with van der Waals surface area (Å²) in [6.45, 7) is 4.38. The fourth-order valence-electron chi connectivity index (χ4n) is 1.65. The summed E-state index contributed by atoms with van der Waals surface area (Å²) in [5.41, 5.74) is 5.65. The summed E-state index contributed by atoms with van der Waals surface area (Å²) >= 11 is 1.09. The third kappa shape index (κ3) is 3.56. The van der Waals surface area contributed by atoms with Crippen LogP contribution < -0.4 is 11.1 Å². The second-order valence-corrected chi connectivity index (χ2v) is 7.43. The molecule has 1 aromatic heterocycles. The summed E-state index contributed by atoms with van der Waals surface area (Å²) in [7, 11) is 0.579. The number of nitrogen functional groups attached to an aromatic ring is 1. The molecule has 1 rings (SSSR count). The zero-order valence-electron chi connectivity index (χ0n) is 11.1. The Hall–Kier alpha value is -0.860. The molecule has 0 amide bonds. The molecular weight excluding hydrogens is 272 g/mol. The average molecular weight is 292 g/mol. The third-order valence-corrected chi connectivity index (χ3v) is 5.10. The van der Waals surface area contributed by atoms with Gasteiger partial charge in [0.2, 0.25) is 0 Å². The molecule has 0 bridgehead atoms. The number of nitrogens with zero attached hydrogens (tertiary/aromatic N) is 2. The second kappa shape index (κ2) is 5.85. The van der Waals surface area contributed by atoms with Crippen LogP contribution >= 0.6 is 11.5 Å². The maximum Gasteiger partial charge on any atom is 0.184 e. The van der Waals surface area contributed by atoms with Crippen molar-refractivity contribution in [1.29, 1.82) is 0 Å². The fourth-order valence-corrected chi connectivity index (χ4v) is 3.92. The molecule has 104 valence electrons. The molecule has 1 unspecified atom stereocenters. The van der Waals surface area contributed by atoms with Gasteiger partial charge in [-0.25, -0.2) is 8.42 Å². The van der Waals surface area contributed by atoms with Gasteiger partial charge < -0.3 is 16.0 Å². The molecule has 1 atom stereocenters. The van der Waals surface area contributed by atoms with E-state index in [-0.39, 0.29) is 22.5 Å². The van der Waals surface area contributed by atoms with Crippen molar-refractivity contribution in [2.45, 2.75) is 24.8 Å². The highest BCUT2D eigenvalue weighted by molar-refractivity contribution is 7.91. The van der Waals surface area contributed by atoms with E-state index >= 15 is 0 Å². The lowest BCUT2D eigenvalue weighted by molar-refractivity contribution is 0.392. The van der Waals surface area contributed by atoms with Gasteiger partial charge in [-0.3, -0.25) is 0 Å². The second-order valence-electron chi connectivity index (χ2n) is 4.44. The fraction of sp³-hybridized carbons (Fsp3) is 0.700. The predicted octanol–water partition coefficient (Wildman–Crippen LogP) is 0.881. The molecule has 1 aromatic rings. The molecule has 6 nitrogen and oxygen atoms in total. The summed E-state index contributed by atoms with van der Waals surface area (Å²) < 4.78 is 27.8. The lowest BCUT2D eigenvalue weighted by Gasteiger charge is -2.18. The Morgan fingerprint density at radius 3 is 2.61 bits per heavy atom. The van der Waals surface area contributed by atoms with Crippen molar-refractivity contribution in [2.75, 3.05) is 37.4 Å². The first kappa shape index (κ1) is 15.2. The molecule has 0 aliphatic carbocycles. The SMILES string of the molecule is CCS(=O)(=O)c1c(N)nsc1NC(C)CN(C)C. The predicted molar refractivity (Wildman–Crippen MR) is 75.9 cm³/mol. The Labute approximate surface area is 112 Å². The number of nitrogens with one attached hydrogen (secondary N) is 1. The van der Waals surface area contributed by atoms with Crippen molar-refractivity contribution in [3.8, 4) is 0 Å². The molecule has 0 radical (unpaired) electrons. The van der Waals surface area contributed by atoms with Crippen molar-refractivity contribution in [3.05, 3.63) is 0 Å². The van der Waals surface area contributed by atoms with Gasteiger partial charge in [0.25, 0.3) is 0 Å². The number of hydrogen-bond donors (Lipinski definition) is 2. The summed E-state index contributed by atoms with van der Waals surface area (Å²) in [5.74, 6) is 0.105. The van der Waals surface area contributed by atoms with E-state index in [1.165, 1.54) is 0 Å². The molecular formula is C10H20N4O2S2. The standard InChI is InChI=1S/C10H20N4O2S2/c1-5-18(15,16)8-9(11)13-17-10(8)12-7(2)6-14(3)4/h7,12H,5-6H2,1-4H3,(H2,11,13). The topological polar surface area (TPSA) is 88.3 Å². The quantitative estimate of drug-likeness (QED) is 0.809. The summed E-state index contributed by atoms with van der Waals surface area (Å²) in [6, 6.07) is 0.116. The number of sulfone groups is 1. The monoisotopic (exact) mass is 292 g/mol. The van der Waals surface area contributed by atoms with Crippen LogP contribution in [0.1, 0.15) is 13.8 Å². The highest BCUT2D eigenvalue weighted by Gasteiger charge is 2.24. The number of rotatable bonds is 6. The highest BCUT2D eigenvalue weighted by Crippen LogP contribution is 2.32. The molecule has 18 heavy (non-hydrogen) atoms. The summed E-state index contributed by atoms with van der Waals surface area (Å²) in [5, 5.41) is 3.69. The van der Waals surface area contributed by atoms with E-state index in [0.717, 1.165) is 18.1 Å². The van der Waals surface area contributed by atoms with Crippen LogP contribution in [0, 0.1) is 0 Å². The van der Waals surface area contributed by atoms with Gasteiger partial charge in [0.15, 0.2) is 15.7 Å². The molecule has 0 fully saturated rings. The zero-order chi connectivity index (χ0) is 13.9. The molecule has 0 spiro atoms. The van der Waals surface area contributed by atoms with Crippen LogP contribution in [0.5, 0.6) is 0 Å². The molecule has 0 aromatic carbocycles. The number of hydrogen-bond acceptors (Lipinski definition) is 7. The van der Waals surface area contributed by atoms with Crippen molar-refractivity contribution >= 4 is 32.2 Å². The smallest absolute Gasteiger partial charge is 0.184 e. The van der Waals surface area contributed by atoms with E-state index < -0.39 is 9.84 Å². The Balaban J connectivity index is 2.98. The van der Waals surface area contributed by atoms with Crippen LogP contribution in [0.4, 0.5) is 10.8 Å². The Morgan fingerprint density at radius 2 is 2.11 bits per heavy atom. The number of likely N-dealkylation sites (N-methyl/N-ethyl adjacent to an activating group) is 1. The normalized spacial score (nSPS) is 13.8. The molecule has 0 saturated heterocycles. The van der Waals surface area contributed by atoms with Crippen LogP contribution in [0.3, 0.4) is 0 Å². The van der Waals surface area contributed by atoms with Crippen LogP contribution in [-0.2, 0) is 9.84 Å². The largest absolute Gasteiger partial charge is 0.382 e. The minimum atomic E-state index is -3.34. The molecule has 0 aliphatic heterocycles. The first-order chi connectivity index (χ1) is 8.27. The van der Waals surface area contributed by atoms with Gasteiger partial charge in [0.05, 0.1) is 5.75 Å². The van der Waals surface area contributed by atoms with Gasteiger partial charge in [-0.05, 0) is 32.6 Å². The van der Waals surface area contributed by atoms with Gasteiger partial charge in [0.1, 0.15) is 9.90 Å². The van der Waals surface area contributed by atoms with Crippen LogP contribution in [-0.4, -0.2) is 50.1 Å². The van der Waals surface area contributed by atoms with Crippen molar-refractivity contribution in [1.82, 2.24) is 9.27 Å². The number of anilines is 2. The van der Waals surface area contributed by atoms with Gasteiger partial charge >= 0.3 is 0 Å². The van der Waals surface area contributed by atoms with Gasteiger partial charge in [-0.15, -0.1) is 0 Å².